The van der Waals surface area contributed by atoms with Gasteiger partial charge in [-0.05, 0) is 30.7 Å². The SMILES string of the molecule is Cc1[c]cc2c(c1)c(C(N)=O)cn2C. The molecular weight excluding hydrogens is 176 g/mol. The van der Waals surface area contributed by atoms with Gasteiger partial charge in [0.05, 0.1) is 5.56 Å². The standard InChI is InChI=1S/C11H11N2O/c1-7-3-4-10-8(5-7)9(11(12)14)6-13(10)2/h4-6H,1-2H3,(H2,12,14). The fraction of sp³-hybridized carbons (Fsp3) is 0.182. The molecule has 0 fully saturated rings. The van der Waals surface area contributed by atoms with Crippen molar-refractivity contribution >= 4 is 16.8 Å². The van der Waals surface area contributed by atoms with E-state index in [9.17, 15) is 4.79 Å². The number of nitrogens with two attached hydrogens (primary N) is 1. The summed E-state index contributed by atoms with van der Waals surface area (Å²) in [6.07, 6.45) is 1.75. The van der Waals surface area contributed by atoms with Crippen molar-refractivity contribution in [2.24, 2.45) is 12.8 Å². The lowest BCUT2D eigenvalue weighted by Crippen LogP contribution is -2.10. The third-order valence-electron chi connectivity index (χ3n) is 2.33. The predicted molar refractivity (Wildman–Crippen MR) is 55.0 cm³/mol. The highest BCUT2D eigenvalue weighted by Gasteiger charge is 2.10. The van der Waals surface area contributed by atoms with Crippen LogP contribution in [0.5, 0.6) is 0 Å². The van der Waals surface area contributed by atoms with E-state index in [4.69, 9.17) is 5.73 Å². The van der Waals surface area contributed by atoms with E-state index in [1.165, 1.54) is 0 Å². The Kier molecular flexibility index (Phi) is 1.81. The average Bonchev–Trinajstić information content (AvgIpc) is 2.43. The molecule has 0 unspecified atom stereocenters. The van der Waals surface area contributed by atoms with Crippen molar-refractivity contribution in [2.45, 2.75) is 6.92 Å². The molecule has 71 valence electrons. The summed E-state index contributed by atoms with van der Waals surface area (Å²) in [6, 6.07) is 6.89. The van der Waals surface area contributed by atoms with Gasteiger partial charge in [-0.15, -0.1) is 0 Å². The summed E-state index contributed by atoms with van der Waals surface area (Å²) < 4.78 is 1.88. The van der Waals surface area contributed by atoms with Gasteiger partial charge in [0.1, 0.15) is 0 Å². The quantitative estimate of drug-likeness (QED) is 0.720. The first-order chi connectivity index (χ1) is 6.59. The van der Waals surface area contributed by atoms with Crippen molar-refractivity contribution in [2.75, 3.05) is 0 Å². The summed E-state index contributed by atoms with van der Waals surface area (Å²) in [5.41, 5.74) is 7.83. The zero-order chi connectivity index (χ0) is 10.3. The number of hydrogen-bond acceptors (Lipinski definition) is 1. The second kappa shape index (κ2) is 2.87. The van der Waals surface area contributed by atoms with Crippen LogP contribution in [0.1, 0.15) is 15.9 Å². The van der Waals surface area contributed by atoms with Crippen LogP contribution in [0, 0.1) is 13.0 Å². The van der Waals surface area contributed by atoms with E-state index in [1.807, 2.05) is 30.7 Å². The number of nitrogens with zero attached hydrogens (tertiary/aromatic N) is 1. The Labute approximate surface area is 82.1 Å². The van der Waals surface area contributed by atoms with Gasteiger partial charge in [-0.25, -0.2) is 0 Å². The number of carbonyl (C=O) groups excluding carboxylic acids is 1. The number of benzene rings is 1. The molecule has 0 aliphatic carbocycles. The van der Waals surface area contributed by atoms with Crippen LogP contribution in [0.15, 0.2) is 18.3 Å². The number of aromatic nitrogens is 1. The van der Waals surface area contributed by atoms with Gasteiger partial charge in [0.2, 0.25) is 0 Å². The maximum Gasteiger partial charge on any atom is 0.250 e. The second-order valence-corrected chi connectivity index (χ2v) is 3.43. The lowest BCUT2D eigenvalue weighted by atomic mass is 10.1. The molecule has 1 radical (unpaired) electrons. The maximum absolute atomic E-state index is 11.1. The third-order valence-corrected chi connectivity index (χ3v) is 2.33. The Balaban J connectivity index is 2.85. The van der Waals surface area contributed by atoms with Gasteiger partial charge in [-0.1, -0.05) is 0 Å². The first-order valence-corrected chi connectivity index (χ1v) is 4.37. The summed E-state index contributed by atoms with van der Waals surface area (Å²) in [5.74, 6) is -0.388. The van der Waals surface area contributed by atoms with Crippen LogP contribution < -0.4 is 5.73 Å². The maximum atomic E-state index is 11.1. The van der Waals surface area contributed by atoms with Gasteiger partial charge in [0.25, 0.3) is 5.91 Å². The van der Waals surface area contributed by atoms with Gasteiger partial charge in [0, 0.05) is 24.1 Å². The second-order valence-electron chi connectivity index (χ2n) is 3.43. The molecule has 3 heteroatoms. The Morgan fingerprint density at radius 2 is 2.29 bits per heavy atom. The molecule has 1 heterocycles. The van der Waals surface area contributed by atoms with E-state index >= 15 is 0 Å². The Bertz CT molecular complexity index is 511. The summed E-state index contributed by atoms with van der Waals surface area (Å²) >= 11 is 0. The normalized spacial score (nSPS) is 10.7. The third kappa shape index (κ3) is 1.18. The summed E-state index contributed by atoms with van der Waals surface area (Å²) in [7, 11) is 1.89. The molecule has 1 aromatic heterocycles. The van der Waals surface area contributed by atoms with Crippen molar-refractivity contribution in [3.8, 4) is 0 Å². The van der Waals surface area contributed by atoms with E-state index < -0.39 is 0 Å². The first kappa shape index (κ1) is 8.81. The summed E-state index contributed by atoms with van der Waals surface area (Å²) in [6.45, 7) is 1.94. The molecule has 1 amide bonds. The summed E-state index contributed by atoms with van der Waals surface area (Å²) in [4.78, 5) is 11.1. The molecule has 2 N–H and O–H groups in total. The fourth-order valence-corrected chi connectivity index (χ4v) is 1.63. The number of carbonyl (C=O) groups is 1. The molecule has 2 rings (SSSR count). The van der Waals surface area contributed by atoms with Gasteiger partial charge in [0.15, 0.2) is 0 Å². The van der Waals surface area contributed by atoms with Crippen LogP contribution >= 0.6 is 0 Å². The number of rotatable bonds is 1. The van der Waals surface area contributed by atoms with Crippen molar-refractivity contribution in [3.05, 3.63) is 35.5 Å². The highest BCUT2D eigenvalue weighted by Crippen LogP contribution is 2.20. The van der Waals surface area contributed by atoms with E-state index in [2.05, 4.69) is 6.07 Å². The van der Waals surface area contributed by atoms with E-state index in [-0.39, 0.29) is 5.91 Å². The van der Waals surface area contributed by atoms with E-state index in [1.54, 1.807) is 6.20 Å². The van der Waals surface area contributed by atoms with Crippen LogP contribution in [-0.4, -0.2) is 10.5 Å². The molecule has 0 aliphatic heterocycles. The zero-order valence-electron chi connectivity index (χ0n) is 8.16. The average molecular weight is 187 g/mol. The van der Waals surface area contributed by atoms with E-state index in [0.29, 0.717) is 5.56 Å². The van der Waals surface area contributed by atoms with Crippen molar-refractivity contribution in [1.29, 1.82) is 0 Å². The summed E-state index contributed by atoms with van der Waals surface area (Å²) in [5, 5.41) is 0.899. The smallest absolute Gasteiger partial charge is 0.250 e. The lowest BCUT2D eigenvalue weighted by Gasteiger charge is -1.96. The molecule has 2 aromatic rings. The number of fused-ring (bicyclic) bond motifs is 1. The minimum absolute atomic E-state index is 0.388. The molecule has 3 nitrogen and oxygen atoms in total. The first-order valence-electron chi connectivity index (χ1n) is 4.37. The molecule has 1 aromatic carbocycles. The molecule has 14 heavy (non-hydrogen) atoms. The highest BCUT2D eigenvalue weighted by molar-refractivity contribution is 6.06. The van der Waals surface area contributed by atoms with Gasteiger partial charge in [-0.2, -0.15) is 0 Å². The fourth-order valence-electron chi connectivity index (χ4n) is 1.63. The Morgan fingerprint density at radius 1 is 1.57 bits per heavy atom. The highest BCUT2D eigenvalue weighted by atomic mass is 16.1. The lowest BCUT2D eigenvalue weighted by molar-refractivity contribution is 0.100. The van der Waals surface area contributed by atoms with Gasteiger partial charge in [-0.3, -0.25) is 4.79 Å². The van der Waals surface area contributed by atoms with Crippen LogP contribution in [0.4, 0.5) is 0 Å². The number of primary amides is 1. The largest absolute Gasteiger partial charge is 0.366 e. The minimum Gasteiger partial charge on any atom is -0.366 e. The molecular formula is C11H11N2O. The predicted octanol–water partition coefficient (Wildman–Crippen LogP) is 1.39. The van der Waals surface area contributed by atoms with E-state index in [0.717, 1.165) is 16.5 Å². The molecule has 0 atom stereocenters. The van der Waals surface area contributed by atoms with Crippen molar-refractivity contribution in [3.63, 3.8) is 0 Å². The van der Waals surface area contributed by atoms with Gasteiger partial charge < -0.3 is 10.3 Å². The Hall–Kier alpha value is -1.77. The van der Waals surface area contributed by atoms with Crippen LogP contribution in [0.2, 0.25) is 0 Å². The van der Waals surface area contributed by atoms with Gasteiger partial charge >= 0.3 is 0 Å². The van der Waals surface area contributed by atoms with Crippen LogP contribution in [0.3, 0.4) is 0 Å². The number of aryl methyl sites for hydroxylation is 2. The monoisotopic (exact) mass is 187 g/mol. The number of amides is 1. The van der Waals surface area contributed by atoms with Crippen molar-refractivity contribution in [1.82, 2.24) is 4.57 Å². The minimum atomic E-state index is -0.388. The van der Waals surface area contributed by atoms with Crippen LogP contribution in [0.25, 0.3) is 10.9 Å². The van der Waals surface area contributed by atoms with Crippen molar-refractivity contribution < 1.29 is 4.79 Å². The Morgan fingerprint density at radius 3 is 2.93 bits per heavy atom. The topological polar surface area (TPSA) is 48.0 Å². The molecule has 0 aliphatic rings. The van der Waals surface area contributed by atoms with Crippen LogP contribution in [-0.2, 0) is 7.05 Å². The number of hydrogen-bond donors (Lipinski definition) is 1. The molecule has 0 saturated carbocycles. The molecule has 0 spiro atoms. The zero-order valence-corrected chi connectivity index (χ0v) is 8.16. The molecule has 0 bridgehead atoms. The molecule has 0 saturated heterocycles.